The number of carboxylic acids is 1. The molecule has 1 saturated heterocycles. The molecule has 2 aromatic carbocycles. The third kappa shape index (κ3) is 5.78. The molecule has 0 saturated carbocycles. The topological polar surface area (TPSA) is 224 Å². The Bertz CT molecular complexity index is 1760. The van der Waals surface area contributed by atoms with E-state index in [0.717, 1.165) is 33.4 Å². The standard InChI is InChI=1S/C27H24N6O9S2/c1-32-24(40)22(38)30-31-27(32)44-11-14-10-43-25-18(23(39)33(25)19(14)26(41)42)29-21(37)17(12-5-3-2-4-6-12)28-20(36)13-7-8-15(34)16(35)9-13/h2-9,17-18,25,34-35H,10-11H2,1H3,(H,28,36)(H,29,37)(H,30,38)(H,41,42)/t17?,18?,25-/m1/s1. The van der Waals surface area contributed by atoms with Gasteiger partial charge < -0.3 is 31.1 Å². The SMILES string of the molecule is Cn1c(SCC2=C(C(=O)O)N3C(=O)C(NC(=O)C(NC(=O)c4ccc(O)c(O)c4)c4ccccc4)[C@H]3SC2)nnc(O)c1=O. The molecule has 15 nitrogen and oxygen atoms in total. The van der Waals surface area contributed by atoms with Crippen molar-refractivity contribution in [2.24, 2.45) is 7.05 Å². The van der Waals surface area contributed by atoms with E-state index in [-0.39, 0.29) is 27.9 Å². The summed E-state index contributed by atoms with van der Waals surface area (Å²) in [5.41, 5.74) is -0.249. The van der Waals surface area contributed by atoms with Crippen LogP contribution in [0.3, 0.4) is 0 Å². The maximum atomic E-state index is 13.5. The highest BCUT2D eigenvalue weighted by atomic mass is 32.2. The van der Waals surface area contributed by atoms with E-state index in [1.165, 1.54) is 24.9 Å². The summed E-state index contributed by atoms with van der Waals surface area (Å²) in [4.78, 5) is 65.0. The van der Waals surface area contributed by atoms with E-state index in [2.05, 4.69) is 20.8 Å². The summed E-state index contributed by atoms with van der Waals surface area (Å²) in [6, 6.07) is 9.34. The summed E-state index contributed by atoms with van der Waals surface area (Å²) in [6.07, 6.45) is 0. The van der Waals surface area contributed by atoms with E-state index in [9.17, 15) is 44.4 Å². The number of phenols is 2. The maximum Gasteiger partial charge on any atom is 0.352 e. The summed E-state index contributed by atoms with van der Waals surface area (Å²) >= 11 is 2.25. The van der Waals surface area contributed by atoms with Gasteiger partial charge in [0.1, 0.15) is 23.2 Å². The molecule has 3 amide bonds. The van der Waals surface area contributed by atoms with E-state index >= 15 is 0 Å². The summed E-state index contributed by atoms with van der Waals surface area (Å²) < 4.78 is 1.07. The molecular weight excluding hydrogens is 616 g/mol. The Morgan fingerprint density at radius 1 is 1.07 bits per heavy atom. The van der Waals surface area contributed by atoms with Crippen molar-refractivity contribution in [3.8, 4) is 17.4 Å². The molecule has 2 unspecified atom stereocenters. The number of fused-ring (bicyclic) bond motifs is 1. The highest BCUT2D eigenvalue weighted by molar-refractivity contribution is 8.01. The Balaban J connectivity index is 1.33. The fourth-order valence-electron chi connectivity index (χ4n) is 4.57. The van der Waals surface area contributed by atoms with Gasteiger partial charge in [-0.25, -0.2) is 4.79 Å². The Labute approximate surface area is 256 Å². The lowest BCUT2D eigenvalue weighted by Crippen LogP contribution is -2.71. The van der Waals surface area contributed by atoms with Crippen LogP contribution in [-0.4, -0.2) is 86.7 Å². The van der Waals surface area contributed by atoms with E-state index in [1.54, 1.807) is 30.3 Å². The first-order valence-electron chi connectivity index (χ1n) is 12.8. The minimum atomic E-state index is -1.35. The lowest BCUT2D eigenvalue weighted by atomic mass is 10.0. The van der Waals surface area contributed by atoms with Crippen molar-refractivity contribution in [3.05, 3.63) is 81.3 Å². The molecule has 3 atom stereocenters. The van der Waals surface area contributed by atoms with Crippen LogP contribution >= 0.6 is 23.5 Å². The number of nitrogens with zero attached hydrogens (tertiary/aromatic N) is 4. The number of benzene rings is 2. The van der Waals surface area contributed by atoms with Crippen molar-refractivity contribution in [1.82, 2.24) is 30.3 Å². The van der Waals surface area contributed by atoms with Crippen LogP contribution in [0, 0.1) is 0 Å². The predicted molar refractivity (Wildman–Crippen MR) is 156 cm³/mol. The lowest BCUT2D eigenvalue weighted by Gasteiger charge is -2.49. The van der Waals surface area contributed by atoms with Crippen molar-refractivity contribution in [3.63, 3.8) is 0 Å². The van der Waals surface area contributed by atoms with Crippen LogP contribution in [0.25, 0.3) is 0 Å². The minimum Gasteiger partial charge on any atom is -0.504 e. The normalized spacial score (nSPS) is 18.2. The molecule has 6 N–H and O–H groups in total. The van der Waals surface area contributed by atoms with Gasteiger partial charge in [-0.15, -0.1) is 22.0 Å². The van der Waals surface area contributed by atoms with Gasteiger partial charge in [-0.3, -0.25) is 28.6 Å². The van der Waals surface area contributed by atoms with Crippen molar-refractivity contribution < 1.29 is 39.6 Å². The minimum absolute atomic E-state index is 0.0252. The zero-order valence-corrected chi connectivity index (χ0v) is 24.3. The van der Waals surface area contributed by atoms with E-state index < -0.39 is 64.1 Å². The van der Waals surface area contributed by atoms with Crippen molar-refractivity contribution in [2.75, 3.05) is 11.5 Å². The highest BCUT2D eigenvalue weighted by Gasteiger charge is 2.54. The van der Waals surface area contributed by atoms with Crippen LogP contribution in [0.2, 0.25) is 0 Å². The van der Waals surface area contributed by atoms with Crippen molar-refractivity contribution in [1.29, 1.82) is 0 Å². The lowest BCUT2D eigenvalue weighted by molar-refractivity contribution is -0.151. The number of thioether (sulfide) groups is 2. The van der Waals surface area contributed by atoms with Gasteiger partial charge in [0.25, 0.3) is 17.7 Å². The number of amides is 3. The third-order valence-corrected chi connectivity index (χ3v) is 9.29. The molecular formula is C27H24N6O9S2. The van der Waals surface area contributed by atoms with Crippen molar-refractivity contribution >= 4 is 47.2 Å². The van der Waals surface area contributed by atoms with Crippen LogP contribution in [0.15, 0.2) is 69.8 Å². The quantitative estimate of drug-likeness (QED) is 0.105. The number of carbonyl (C=O) groups is 4. The maximum absolute atomic E-state index is 13.5. The molecule has 0 radical (unpaired) electrons. The van der Waals surface area contributed by atoms with E-state index in [4.69, 9.17) is 0 Å². The highest BCUT2D eigenvalue weighted by Crippen LogP contribution is 2.41. The number of aromatic hydroxyl groups is 3. The number of rotatable bonds is 9. The molecule has 44 heavy (non-hydrogen) atoms. The molecule has 0 aliphatic carbocycles. The zero-order chi connectivity index (χ0) is 31.7. The molecule has 1 aromatic heterocycles. The van der Waals surface area contributed by atoms with Gasteiger partial charge in [0.2, 0.25) is 5.91 Å². The first-order valence-corrected chi connectivity index (χ1v) is 14.8. The summed E-state index contributed by atoms with van der Waals surface area (Å²) in [7, 11) is 1.38. The summed E-state index contributed by atoms with van der Waals surface area (Å²) in [5, 5.41) is 50.5. The molecule has 2 aliphatic rings. The molecule has 2 aliphatic heterocycles. The number of phenolic OH excluding ortho intramolecular Hbond substituents is 2. The number of carboxylic acid groups (broad SMARTS) is 1. The fraction of sp³-hybridized carbons (Fsp3) is 0.222. The second-order valence-corrected chi connectivity index (χ2v) is 11.7. The number of hydrogen-bond acceptors (Lipinski definition) is 12. The molecule has 3 heterocycles. The van der Waals surface area contributed by atoms with Crippen LogP contribution in [0.1, 0.15) is 22.0 Å². The van der Waals surface area contributed by atoms with E-state index in [0.29, 0.717) is 11.1 Å². The summed E-state index contributed by atoms with van der Waals surface area (Å²) in [5.74, 6) is -4.92. The number of β-lactam (4-membered cyclic amide) rings is 1. The van der Waals surface area contributed by atoms with Gasteiger partial charge in [0.15, 0.2) is 16.7 Å². The van der Waals surface area contributed by atoms with Crippen LogP contribution in [-0.2, 0) is 21.4 Å². The zero-order valence-electron chi connectivity index (χ0n) is 22.7. The monoisotopic (exact) mass is 640 g/mol. The molecule has 3 aromatic rings. The smallest absolute Gasteiger partial charge is 0.352 e. The van der Waals surface area contributed by atoms with Gasteiger partial charge in [0, 0.05) is 24.1 Å². The molecule has 0 bridgehead atoms. The first-order chi connectivity index (χ1) is 21.0. The number of aliphatic carboxylic acids is 1. The van der Waals surface area contributed by atoms with Crippen molar-refractivity contribution in [2.45, 2.75) is 22.6 Å². The number of hydrogen-bond donors (Lipinski definition) is 6. The Hall–Kier alpha value is -5.03. The van der Waals surface area contributed by atoms with Gasteiger partial charge in [-0.1, -0.05) is 42.1 Å². The Morgan fingerprint density at radius 3 is 2.48 bits per heavy atom. The molecule has 17 heteroatoms. The van der Waals surface area contributed by atoms with Crippen LogP contribution in [0.5, 0.6) is 17.4 Å². The number of nitrogens with one attached hydrogen (secondary N) is 2. The number of aromatic nitrogens is 3. The Kier molecular flexibility index (Phi) is 8.50. The average molecular weight is 641 g/mol. The molecule has 0 spiro atoms. The third-order valence-electron chi connectivity index (χ3n) is 6.84. The Morgan fingerprint density at radius 2 is 1.80 bits per heavy atom. The predicted octanol–water partition coefficient (Wildman–Crippen LogP) is 0.294. The van der Waals surface area contributed by atoms with Gasteiger partial charge in [-0.2, -0.15) is 0 Å². The second kappa shape index (κ2) is 12.3. The van der Waals surface area contributed by atoms with E-state index in [1.807, 2.05) is 0 Å². The molecule has 228 valence electrons. The first kappa shape index (κ1) is 30.4. The van der Waals surface area contributed by atoms with Crippen LogP contribution < -0.4 is 16.2 Å². The second-order valence-electron chi connectivity index (χ2n) is 9.63. The molecule has 5 rings (SSSR count). The van der Waals surface area contributed by atoms with Crippen LogP contribution in [0.4, 0.5) is 0 Å². The fourth-order valence-corrected chi connectivity index (χ4v) is 6.96. The summed E-state index contributed by atoms with van der Waals surface area (Å²) in [6.45, 7) is 0. The van der Waals surface area contributed by atoms with Gasteiger partial charge in [-0.05, 0) is 29.3 Å². The number of carbonyl (C=O) groups excluding carboxylic acids is 3. The average Bonchev–Trinajstić information content (AvgIpc) is 3.01. The molecule has 1 fully saturated rings. The largest absolute Gasteiger partial charge is 0.504 e. The van der Waals surface area contributed by atoms with Gasteiger partial charge >= 0.3 is 11.5 Å². The van der Waals surface area contributed by atoms with Gasteiger partial charge in [0.05, 0.1) is 0 Å².